The minimum absolute atomic E-state index is 0.0303. The average Bonchev–Trinajstić information content (AvgIpc) is 3.34. The van der Waals surface area contributed by atoms with Crippen LogP contribution in [0.2, 0.25) is 0 Å². The van der Waals surface area contributed by atoms with E-state index in [0.29, 0.717) is 31.3 Å². The fourth-order valence-corrected chi connectivity index (χ4v) is 3.91. The van der Waals surface area contributed by atoms with Crippen LogP contribution in [0.15, 0.2) is 24.3 Å². The third-order valence-electron chi connectivity index (χ3n) is 5.67. The first kappa shape index (κ1) is 17.0. The minimum atomic E-state index is -0.732. The lowest BCUT2D eigenvalue weighted by molar-refractivity contribution is -0.148. The van der Waals surface area contributed by atoms with Gasteiger partial charge < -0.3 is 10.0 Å². The zero-order valence-corrected chi connectivity index (χ0v) is 14.7. The predicted molar refractivity (Wildman–Crippen MR) is 92.9 cm³/mol. The van der Waals surface area contributed by atoms with Crippen molar-refractivity contribution in [1.82, 2.24) is 4.90 Å². The van der Waals surface area contributed by atoms with Crippen molar-refractivity contribution < 1.29 is 14.7 Å². The summed E-state index contributed by atoms with van der Waals surface area (Å²) < 4.78 is 0. The van der Waals surface area contributed by atoms with Gasteiger partial charge in [0.1, 0.15) is 0 Å². The number of carboxylic acids is 1. The molecule has 3 rings (SSSR count). The van der Waals surface area contributed by atoms with E-state index in [0.717, 1.165) is 6.42 Å². The van der Waals surface area contributed by atoms with Crippen molar-refractivity contribution in [3.8, 4) is 0 Å². The van der Waals surface area contributed by atoms with E-state index in [-0.39, 0.29) is 23.7 Å². The highest BCUT2D eigenvalue weighted by molar-refractivity contribution is 5.83. The molecule has 130 valence electrons. The van der Waals surface area contributed by atoms with Gasteiger partial charge in [0.2, 0.25) is 5.91 Å². The third-order valence-corrected chi connectivity index (χ3v) is 5.67. The van der Waals surface area contributed by atoms with Crippen molar-refractivity contribution in [2.45, 2.75) is 45.4 Å². The quantitative estimate of drug-likeness (QED) is 0.920. The second kappa shape index (κ2) is 6.58. The molecule has 1 aromatic rings. The average molecular weight is 329 g/mol. The molecule has 1 amide bonds. The van der Waals surface area contributed by atoms with Crippen molar-refractivity contribution in [3.63, 3.8) is 0 Å². The Labute approximate surface area is 143 Å². The molecule has 1 aliphatic heterocycles. The molecule has 24 heavy (non-hydrogen) atoms. The summed E-state index contributed by atoms with van der Waals surface area (Å²) in [6.45, 7) is 7.45. The number of aliphatic carboxylic acids is 1. The molecule has 4 unspecified atom stereocenters. The lowest BCUT2D eigenvalue weighted by Crippen LogP contribution is -2.45. The summed E-state index contributed by atoms with van der Waals surface area (Å²) in [5.41, 5.74) is 2.58. The van der Waals surface area contributed by atoms with Crippen LogP contribution in [0.25, 0.3) is 0 Å². The molecule has 4 nitrogen and oxygen atoms in total. The Bertz CT molecular complexity index is 622. The zero-order chi connectivity index (χ0) is 17.4. The van der Waals surface area contributed by atoms with E-state index >= 15 is 0 Å². The highest BCUT2D eigenvalue weighted by Gasteiger charge is 2.47. The molecular weight excluding hydrogens is 302 g/mol. The van der Waals surface area contributed by atoms with Crippen LogP contribution in [0.1, 0.15) is 56.6 Å². The smallest absolute Gasteiger partial charge is 0.306 e. The number of rotatable bonds is 4. The Morgan fingerprint density at radius 3 is 2.38 bits per heavy atom. The van der Waals surface area contributed by atoms with Gasteiger partial charge in [0.05, 0.1) is 5.92 Å². The molecular formula is C20H27NO3. The molecule has 1 aliphatic carbocycles. The Morgan fingerprint density at radius 1 is 1.17 bits per heavy atom. The number of carbonyl (C=O) groups excluding carboxylic acids is 1. The van der Waals surface area contributed by atoms with Crippen molar-refractivity contribution >= 4 is 11.9 Å². The first-order chi connectivity index (χ1) is 11.4. The van der Waals surface area contributed by atoms with Gasteiger partial charge in [-0.1, -0.05) is 45.0 Å². The van der Waals surface area contributed by atoms with Crippen molar-refractivity contribution in [3.05, 3.63) is 35.4 Å². The number of hydrogen-bond donors (Lipinski definition) is 1. The van der Waals surface area contributed by atoms with Gasteiger partial charge in [0, 0.05) is 19.0 Å². The van der Waals surface area contributed by atoms with Crippen LogP contribution in [0.4, 0.5) is 0 Å². The lowest BCUT2D eigenvalue weighted by atomic mass is 9.87. The minimum Gasteiger partial charge on any atom is -0.481 e. The van der Waals surface area contributed by atoms with Gasteiger partial charge >= 0.3 is 5.97 Å². The zero-order valence-electron chi connectivity index (χ0n) is 14.7. The number of carboxylic acid groups (broad SMARTS) is 1. The van der Waals surface area contributed by atoms with Gasteiger partial charge in [-0.25, -0.2) is 0 Å². The Kier molecular flexibility index (Phi) is 4.66. The number of amides is 1. The monoisotopic (exact) mass is 329 g/mol. The number of piperidine rings is 1. The van der Waals surface area contributed by atoms with Crippen molar-refractivity contribution in [2.24, 2.45) is 17.8 Å². The number of carbonyl (C=O) groups is 2. The molecule has 1 saturated carbocycles. The maximum Gasteiger partial charge on any atom is 0.306 e. The maximum atomic E-state index is 12.7. The van der Waals surface area contributed by atoms with Crippen LogP contribution in [0.3, 0.4) is 0 Å². The van der Waals surface area contributed by atoms with Crippen LogP contribution in [0, 0.1) is 17.8 Å². The summed E-state index contributed by atoms with van der Waals surface area (Å²) in [6.07, 6.45) is 1.50. The molecule has 1 N–H and O–H groups in total. The molecule has 4 atom stereocenters. The van der Waals surface area contributed by atoms with E-state index < -0.39 is 5.97 Å². The Balaban J connectivity index is 1.59. The molecule has 2 fully saturated rings. The second-order valence-electron chi connectivity index (χ2n) is 7.76. The molecule has 4 heteroatoms. The fraction of sp³-hybridized carbons (Fsp3) is 0.600. The second-order valence-corrected chi connectivity index (χ2v) is 7.76. The van der Waals surface area contributed by atoms with Gasteiger partial charge in [-0.2, -0.15) is 0 Å². The molecule has 0 bridgehead atoms. The first-order valence-corrected chi connectivity index (χ1v) is 9.00. The van der Waals surface area contributed by atoms with Gasteiger partial charge in [-0.05, 0) is 41.7 Å². The summed E-state index contributed by atoms with van der Waals surface area (Å²) in [7, 11) is 0. The molecule has 0 spiro atoms. The summed E-state index contributed by atoms with van der Waals surface area (Å²) in [5, 5.41) is 9.20. The van der Waals surface area contributed by atoms with Gasteiger partial charge in [-0.3, -0.25) is 9.59 Å². The standard InChI is InChI=1S/C20H27NO3/c1-12(2)14-4-6-15(7-5-14)17-10-18(17)19(22)21-9-8-16(20(23)24)13(3)11-21/h4-7,12-13,16-18H,8-11H2,1-3H3,(H,23,24). The summed E-state index contributed by atoms with van der Waals surface area (Å²) in [4.78, 5) is 25.8. The Morgan fingerprint density at radius 2 is 1.83 bits per heavy atom. The summed E-state index contributed by atoms with van der Waals surface area (Å²) >= 11 is 0. The normalized spacial score (nSPS) is 29.6. The molecule has 1 heterocycles. The van der Waals surface area contributed by atoms with Crippen molar-refractivity contribution in [2.75, 3.05) is 13.1 Å². The molecule has 1 saturated heterocycles. The van der Waals surface area contributed by atoms with E-state index in [1.807, 2.05) is 11.8 Å². The van der Waals surface area contributed by atoms with Crippen LogP contribution in [-0.2, 0) is 9.59 Å². The van der Waals surface area contributed by atoms with Crippen LogP contribution in [-0.4, -0.2) is 35.0 Å². The largest absolute Gasteiger partial charge is 0.481 e. The number of hydrogen-bond acceptors (Lipinski definition) is 2. The van der Waals surface area contributed by atoms with E-state index in [9.17, 15) is 14.7 Å². The van der Waals surface area contributed by atoms with Gasteiger partial charge in [0.25, 0.3) is 0 Å². The highest BCUT2D eigenvalue weighted by Crippen LogP contribution is 2.49. The van der Waals surface area contributed by atoms with E-state index in [4.69, 9.17) is 0 Å². The third kappa shape index (κ3) is 3.33. The van der Waals surface area contributed by atoms with Gasteiger partial charge in [-0.15, -0.1) is 0 Å². The maximum absolute atomic E-state index is 12.7. The molecule has 2 aliphatic rings. The first-order valence-electron chi connectivity index (χ1n) is 9.00. The van der Waals surface area contributed by atoms with E-state index in [1.165, 1.54) is 11.1 Å². The number of nitrogens with zero attached hydrogens (tertiary/aromatic N) is 1. The Hall–Kier alpha value is -1.84. The van der Waals surface area contributed by atoms with E-state index in [2.05, 4.69) is 38.1 Å². The van der Waals surface area contributed by atoms with Crippen LogP contribution in [0.5, 0.6) is 0 Å². The van der Waals surface area contributed by atoms with E-state index in [1.54, 1.807) is 0 Å². The molecule has 1 aromatic carbocycles. The lowest BCUT2D eigenvalue weighted by Gasteiger charge is -2.35. The van der Waals surface area contributed by atoms with Crippen LogP contribution >= 0.6 is 0 Å². The highest BCUT2D eigenvalue weighted by atomic mass is 16.4. The van der Waals surface area contributed by atoms with Crippen LogP contribution < -0.4 is 0 Å². The fourth-order valence-electron chi connectivity index (χ4n) is 3.91. The number of likely N-dealkylation sites (tertiary alicyclic amines) is 1. The predicted octanol–water partition coefficient (Wildman–Crippen LogP) is 3.48. The number of benzene rings is 1. The topological polar surface area (TPSA) is 57.6 Å². The SMILES string of the molecule is CC(C)c1ccc(C2CC2C(=O)N2CCC(C(=O)O)C(C)C2)cc1. The molecule has 0 aromatic heterocycles. The van der Waals surface area contributed by atoms with Gasteiger partial charge in [0.15, 0.2) is 0 Å². The molecule has 0 radical (unpaired) electrons. The summed E-state index contributed by atoms with van der Waals surface area (Å²) in [5.74, 6) is 0.144. The summed E-state index contributed by atoms with van der Waals surface area (Å²) in [6, 6.07) is 8.65. The van der Waals surface area contributed by atoms with Crippen molar-refractivity contribution in [1.29, 1.82) is 0 Å².